The zero-order valence-electron chi connectivity index (χ0n) is 14.8. The lowest BCUT2D eigenvalue weighted by molar-refractivity contribution is 0.0738. The van der Waals surface area contributed by atoms with Crippen LogP contribution >= 0.6 is 22.7 Å². The van der Waals surface area contributed by atoms with Gasteiger partial charge in [-0.2, -0.15) is 0 Å². The summed E-state index contributed by atoms with van der Waals surface area (Å²) in [6, 6.07) is 11.4. The Hall–Kier alpha value is -2.97. The van der Waals surface area contributed by atoms with Crippen molar-refractivity contribution in [3.8, 4) is 0 Å². The van der Waals surface area contributed by atoms with Crippen LogP contribution in [0.4, 0.5) is 5.13 Å². The summed E-state index contributed by atoms with van der Waals surface area (Å²) in [6.07, 6.45) is 2.47. The molecule has 2 amide bonds. The molecule has 0 unspecified atom stereocenters. The molecule has 3 aromatic heterocycles. The number of thiazole rings is 1. The summed E-state index contributed by atoms with van der Waals surface area (Å²) in [6.45, 7) is 1.13. The van der Waals surface area contributed by atoms with Crippen LogP contribution in [0.3, 0.4) is 0 Å². The number of carbonyl (C=O) groups excluding carboxylic acids is 2. The number of hydrogen-bond acceptors (Lipinski definition) is 5. The maximum atomic E-state index is 13.0. The Morgan fingerprint density at radius 3 is 2.93 bits per heavy atom. The number of hydrogen-bond donors (Lipinski definition) is 2. The van der Waals surface area contributed by atoms with Crippen LogP contribution < -0.4 is 5.32 Å². The van der Waals surface area contributed by atoms with Gasteiger partial charge in [0.05, 0.1) is 22.7 Å². The van der Waals surface area contributed by atoms with Gasteiger partial charge in [0.2, 0.25) is 0 Å². The van der Waals surface area contributed by atoms with E-state index in [1.54, 1.807) is 12.3 Å². The Bertz CT molecular complexity index is 1180. The summed E-state index contributed by atoms with van der Waals surface area (Å²) in [5, 5.41) is 6.26. The second kappa shape index (κ2) is 6.88. The number of anilines is 1. The highest BCUT2D eigenvalue weighted by Gasteiger charge is 2.26. The highest BCUT2D eigenvalue weighted by atomic mass is 32.1. The minimum Gasteiger partial charge on any atom is -0.360 e. The van der Waals surface area contributed by atoms with Crippen molar-refractivity contribution in [3.63, 3.8) is 0 Å². The lowest BCUT2D eigenvalue weighted by atomic mass is 10.1. The van der Waals surface area contributed by atoms with Crippen LogP contribution in [0.5, 0.6) is 0 Å². The van der Waals surface area contributed by atoms with Crippen LogP contribution in [0.15, 0.2) is 48.0 Å². The van der Waals surface area contributed by atoms with Crippen LogP contribution in [-0.2, 0) is 13.0 Å². The Balaban J connectivity index is 1.34. The topological polar surface area (TPSA) is 78.1 Å². The van der Waals surface area contributed by atoms with Gasteiger partial charge in [-0.1, -0.05) is 35.6 Å². The highest BCUT2D eigenvalue weighted by molar-refractivity contribution is 7.16. The van der Waals surface area contributed by atoms with Crippen LogP contribution in [0.1, 0.15) is 30.6 Å². The van der Waals surface area contributed by atoms with E-state index in [9.17, 15) is 9.59 Å². The summed E-state index contributed by atoms with van der Waals surface area (Å²) >= 11 is 2.84. The lowest BCUT2D eigenvalue weighted by Crippen LogP contribution is -2.35. The SMILES string of the molecule is O=C(Nc1nc2c(s1)CN(C(=O)c1c[nH]c3ccccc13)CC2)c1cccs1. The van der Waals surface area contributed by atoms with Crippen molar-refractivity contribution in [2.24, 2.45) is 0 Å². The van der Waals surface area contributed by atoms with Crippen molar-refractivity contribution >= 4 is 50.5 Å². The van der Waals surface area contributed by atoms with Gasteiger partial charge in [0.25, 0.3) is 11.8 Å². The molecule has 0 fully saturated rings. The average Bonchev–Trinajstić information content (AvgIpc) is 3.45. The van der Waals surface area contributed by atoms with Gasteiger partial charge in [-0.25, -0.2) is 4.98 Å². The molecule has 0 aliphatic carbocycles. The van der Waals surface area contributed by atoms with Gasteiger partial charge in [0.15, 0.2) is 5.13 Å². The van der Waals surface area contributed by atoms with E-state index in [0.29, 0.717) is 35.1 Å². The van der Waals surface area contributed by atoms with E-state index in [2.05, 4.69) is 15.3 Å². The van der Waals surface area contributed by atoms with Crippen molar-refractivity contribution in [1.82, 2.24) is 14.9 Å². The van der Waals surface area contributed by atoms with E-state index in [-0.39, 0.29) is 11.8 Å². The molecule has 6 nitrogen and oxygen atoms in total. The second-order valence-corrected chi connectivity index (χ2v) is 8.58. The number of H-pyrrole nitrogens is 1. The van der Waals surface area contributed by atoms with Crippen LogP contribution in [0.2, 0.25) is 0 Å². The Morgan fingerprint density at radius 1 is 1.18 bits per heavy atom. The van der Waals surface area contributed by atoms with Crippen LogP contribution in [-0.4, -0.2) is 33.2 Å². The smallest absolute Gasteiger partial charge is 0.267 e. The number of fused-ring (bicyclic) bond motifs is 2. The third-order valence-electron chi connectivity index (χ3n) is 4.80. The van der Waals surface area contributed by atoms with Gasteiger partial charge in [-0.3, -0.25) is 14.9 Å². The summed E-state index contributed by atoms with van der Waals surface area (Å²) in [5.74, 6) is -0.131. The Morgan fingerprint density at radius 2 is 2.07 bits per heavy atom. The largest absolute Gasteiger partial charge is 0.360 e. The summed E-state index contributed by atoms with van der Waals surface area (Å²) in [7, 11) is 0. The fourth-order valence-corrected chi connectivity index (χ4v) is 5.05. The Kier molecular flexibility index (Phi) is 4.22. The van der Waals surface area contributed by atoms with E-state index < -0.39 is 0 Å². The molecule has 4 heterocycles. The molecule has 0 atom stereocenters. The first-order valence-corrected chi connectivity index (χ1v) is 10.6. The zero-order chi connectivity index (χ0) is 19.1. The molecule has 2 N–H and O–H groups in total. The highest BCUT2D eigenvalue weighted by Crippen LogP contribution is 2.30. The second-order valence-electron chi connectivity index (χ2n) is 6.54. The number of benzene rings is 1. The molecule has 0 bridgehead atoms. The van der Waals surface area contributed by atoms with Crippen molar-refractivity contribution in [2.75, 3.05) is 11.9 Å². The van der Waals surface area contributed by atoms with E-state index in [1.165, 1.54) is 22.7 Å². The molecule has 0 saturated carbocycles. The van der Waals surface area contributed by atoms with Crippen molar-refractivity contribution in [2.45, 2.75) is 13.0 Å². The van der Waals surface area contributed by atoms with Crippen LogP contribution in [0.25, 0.3) is 10.9 Å². The predicted molar refractivity (Wildman–Crippen MR) is 111 cm³/mol. The minimum atomic E-state index is -0.146. The minimum absolute atomic E-state index is 0.0145. The third kappa shape index (κ3) is 3.00. The quantitative estimate of drug-likeness (QED) is 0.535. The van der Waals surface area contributed by atoms with Crippen molar-refractivity contribution in [1.29, 1.82) is 0 Å². The number of aromatic nitrogens is 2. The molecule has 0 spiro atoms. The molecule has 1 aliphatic rings. The predicted octanol–water partition coefficient (Wildman–Crippen LogP) is 4.14. The normalized spacial score (nSPS) is 13.5. The summed E-state index contributed by atoms with van der Waals surface area (Å²) in [5.41, 5.74) is 2.61. The van der Waals surface area contributed by atoms with Crippen molar-refractivity contribution in [3.05, 3.63) is 69.0 Å². The first-order chi connectivity index (χ1) is 13.7. The molecule has 28 heavy (non-hydrogen) atoms. The molecule has 1 aliphatic heterocycles. The number of rotatable bonds is 3. The number of nitrogens with one attached hydrogen (secondary N) is 2. The molecule has 140 valence electrons. The number of amides is 2. The van der Waals surface area contributed by atoms with Gasteiger partial charge in [-0.05, 0) is 17.5 Å². The van der Waals surface area contributed by atoms with E-state index in [4.69, 9.17) is 0 Å². The van der Waals surface area contributed by atoms with Gasteiger partial charge in [0, 0.05) is 34.9 Å². The number of para-hydroxylation sites is 1. The molecular formula is C20H16N4O2S2. The number of carbonyl (C=O) groups is 2. The maximum absolute atomic E-state index is 13.0. The van der Waals surface area contributed by atoms with E-state index in [0.717, 1.165) is 21.5 Å². The van der Waals surface area contributed by atoms with Gasteiger partial charge < -0.3 is 9.88 Å². The number of aromatic amines is 1. The molecule has 5 rings (SSSR count). The van der Waals surface area contributed by atoms with Gasteiger partial charge in [0.1, 0.15) is 0 Å². The molecular weight excluding hydrogens is 392 g/mol. The fraction of sp³-hybridized carbons (Fsp3) is 0.150. The first-order valence-electron chi connectivity index (χ1n) is 8.88. The lowest BCUT2D eigenvalue weighted by Gasteiger charge is -2.25. The van der Waals surface area contributed by atoms with E-state index >= 15 is 0 Å². The Labute approximate surface area is 168 Å². The van der Waals surface area contributed by atoms with Crippen LogP contribution in [0, 0.1) is 0 Å². The standard InChI is InChI=1S/C20H16N4O2S2/c25-18(16-6-3-9-27-16)23-20-22-15-7-8-24(11-17(15)28-20)19(26)13-10-21-14-5-2-1-4-12(13)14/h1-6,9-10,21H,7-8,11H2,(H,22,23,25). The average molecular weight is 409 g/mol. The summed E-state index contributed by atoms with van der Waals surface area (Å²) in [4.78, 5) is 36.5. The third-order valence-corrected chi connectivity index (χ3v) is 6.67. The van der Waals surface area contributed by atoms with Gasteiger partial charge >= 0.3 is 0 Å². The monoisotopic (exact) mass is 408 g/mol. The zero-order valence-corrected chi connectivity index (χ0v) is 16.4. The molecule has 0 radical (unpaired) electrons. The van der Waals surface area contributed by atoms with E-state index in [1.807, 2.05) is 40.6 Å². The maximum Gasteiger partial charge on any atom is 0.267 e. The molecule has 8 heteroatoms. The molecule has 1 aromatic carbocycles. The number of thiophene rings is 1. The van der Waals surface area contributed by atoms with Gasteiger partial charge in [-0.15, -0.1) is 11.3 Å². The fourth-order valence-electron chi connectivity index (χ4n) is 3.41. The van der Waals surface area contributed by atoms with Crippen molar-refractivity contribution < 1.29 is 9.59 Å². The summed E-state index contributed by atoms with van der Waals surface area (Å²) < 4.78 is 0. The molecule has 4 aromatic rings. The molecule has 0 saturated heterocycles. The first kappa shape index (κ1) is 17.2. The number of nitrogens with zero attached hydrogens (tertiary/aromatic N) is 2.